The Labute approximate surface area is 115 Å². The molecule has 0 aromatic heterocycles. The fraction of sp³-hybridized carbons (Fsp3) is 0.625. The van der Waals surface area contributed by atoms with Crippen LogP contribution in [-0.4, -0.2) is 0 Å². The predicted octanol–water partition coefficient (Wildman–Crippen LogP) is 5.99. The standard InChI is InChI=1S/C16H25Br/c1-4-6-12-16(3,11-5-2)13-14-7-9-15(17)10-8-14/h7-10H,4-6,11-13H2,1-3H3. The molecule has 1 aromatic rings. The molecule has 0 aliphatic carbocycles. The summed E-state index contributed by atoms with van der Waals surface area (Å²) >= 11 is 3.50. The molecule has 0 nitrogen and oxygen atoms in total. The van der Waals surface area contributed by atoms with Gasteiger partial charge >= 0.3 is 0 Å². The first-order chi connectivity index (χ1) is 8.09. The molecule has 0 amide bonds. The molecule has 0 heterocycles. The minimum absolute atomic E-state index is 0.485. The zero-order valence-corrected chi connectivity index (χ0v) is 13.0. The van der Waals surface area contributed by atoms with Crippen LogP contribution in [0.1, 0.15) is 58.4 Å². The molecule has 0 radical (unpaired) electrons. The summed E-state index contributed by atoms with van der Waals surface area (Å²) in [5, 5.41) is 0. The maximum atomic E-state index is 3.50. The molecule has 0 bridgehead atoms. The summed E-state index contributed by atoms with van der Waals surface area (Å²) in [4.78, 5) is 0. The van der Waals surface area contributed by atoms with Crippen molar-refractivity contribution in [3.63, 3.8) is 0 Å². The molecule has 1 unspecified atom stereocenters. The van der Waals surface area contributed by atoms with E-state index in [4.69, 9.17) is 0 Å². The molecule has 1 rings (SSSR count). The molecule has 0 N–H and O–H groups in total. The third kappa shape index (κ3) is 5.25. The van der Waals surface area contributed by atoms with Crippen LogP contribution in [0.4, 0.5) is 0 Å². The van der Waals surface area contributed by atoms with Gasteiger partial charge in [0, 0.05) is 4.47 Å². The van der Waals surface area contributed by atoms with Crippen molar-refractivity contribution in [2.75, 3.05) is 0 Å². The lowest BCUT2D eigenvalue weighted by Gasteiger charge is -2.29. The van der Waals surface area contributed by atoms with Gasteiger partial charge in [-0.15, -0.1) is 0 Å². The Morgan fingerprint density at radius 2 is 1.65 bits per heavy atom. The van der Waals surface area contributed by atoms with E-state index in [0.717, 1.165) is 0 Å². The normalized spacial score (nSPS) is 14.6. The van der Waals surface area contributed by atoms with Gasteiger partial charge in [0.2, 0.25) is 0 Å². The van der Waals surface area contributed by atoms with Gasteiger partial charge in [-0.1, -0.05) is 68.1 Å². The number of benzene rings is 1. The Kier molecular flexibility index (Phi) is 6.26. The smallest absolute Gasteiger partial charge is 0.0175 e. The van der Waals surface area contributed by atoms with Crippen LogP contribution in [0, 0.1) is 5.41 Å². The minimum atomic E-state index is 0.485. The summed E-state index contributed by atoms with van der Waals surface area (Å²) in [6.07, 6.45) is 7.86. The summed E-state index contributed by atoms with van der Waals surface area (Å²) in [7, 11) is 0. The molecule has 0 fully saturated rings. The van der Waals surface area contributed by atoms with Crippen LogP contribution in [0.2, 0.25) is 0 Å². The highest BCUT2D eigenvalue weighted by atomic mass is 79.9. The Morgan fingerprint density at radius 3 is 2.18 bits per heavy atom. The number of hydrogen-bond donors (Lipinski definition) is 0. The van der Waals surface area contributed by atoms with Gasteiger partial charge in [-0.25, -0.2) is 0 Å². The van der Waals surface area contributed by atoms with E-state index in [1.54, 1.807) is 0 Å². The van der Waals surface area contributed by atoms with Crippen LogP contribution >= 0.6 is 15.9 Å². The third-order valence-electron chi connectivity index (χ3n) is 3.53. The van der Waals surface area contributed by atoms with Crippen LogP contribution in [0.3, 0.4) is 0 Å². The van der Waals surface area contributed by atoms with E-state index in [2.05, 4.69) is 61.0 Å². The van der Waals surface area contributed by atoms with E-state index in [0.29, 0.717) is 5.41 Å². The lowest BCUT2D eigenvalue weighted by atomic mass is 9.76. The Bertz CT molecular complexity index is 315. The van der Waals surface area contributed by atoms with E-state index in [9.17, 15) is 0 Å². The first-order valence-electron chi connectivity index (χ1n) is 6.84. The summed E-state index contributed by atoms with van der Waals surface area (Å²) in [6, 6.07) is 8.82. The largest absolute Gasteiger partial charge is 0.0654 e. The summed E-state index contributed by atoms with van der Waals surface area (Å²) in [6.45, 7) is 7.03. The molecule has 0 saturated carbocycles. The van der Waals surface area contributed by atoms with E-state index in [1.807, 2.05) is 0 Å². The molecular weight excluding hydrogens is 272 g/mol. The summed E-state index contributed by atoms with van der Waals surface area (Å²) in [5.74, 6) is 0. The van der Waals surface area contributed by atoms with Crippen molar-refractivity contribution in [2.24, 2.45) is 5.41 Å². The zero-order valence-electron chi connectivity index (χ0n) is 11.4. The van der Waals surface area contributed by atoms with Crippen molar-refractivity contribution < 1.29 is 0 Å². The topological polar surface area (TPSA) is 0 Å². The molecular formula is C16H25Br. The van der Waals surface area contributed by atoms with Crippen LogP contribution < -0.4 is 0 Å². The highest BCUT2D eigenvalue weighted by Crippen LogP contribution is 2.34. The average molecular weight is 297 g/mol. The van der Waals surface area contributed by atoms with E-state index < -0.39 is 0 Å². The van der Waals surface area contributed by atoms with Crippen LogP contribution in [-0.2, 0) is 6.42 Å². The molecule has 0 aliphatic rings. The molecule has 1 heteroatoms. The van der Waals surface area contributed by atoms with Gasteiger partial charge in [-0.3, -0.25) is 0 Å². The fourth-order valence-electron chi connectivity index (χ4n) is 2.60. The Morgan fingerprint density at radius 1 is 1.00 bits per heavy atom. The molecule has 96 valence electrons. The van der Waals surface area contributed by atoms with Crippen molar-refractivity contribution in [1.82, 2.24) is 0 Å². The predicted molar refractivity (Wildman–Crippen MR) is 80.4 cm³/mol. The Balaban J connectivity index is 2.67. The van der Waals surface area contributed by atoms with Crippen molar-refractivity contribution in [3.05, 3.63) is 34.3 Å². The fourth-order valence-corrected chi connectivity index (χ4v) is 2.87. The number of unbranched alkanes of at least 4 members (excludes halogenated alkanes) is 1. The molecule has 17 heavy (non-hydrogen) atoms. The van der Waals surface area contributed by atoms with Gasteiger partial charge in [-0.2, -0.15) is 0 Å². The second kappa shape index (κ2) is 7.20. The van der Waals surface area contributed by atoms with Crippen molar-refractivity contribution in [1.29, 1.82) is 0 Å². The van der Waals surface area contributed by atoms with Gasteiger partial charge in [0.15, 0.2) is 0 Å². The van der Waals surface area contributed by atoms with E-state index >= 15 is 0 Å². The van der Waals surface area contributed by atoms with Crippen molar-refractivity contribution in [3.8, 4) is 0 Å². The van der Waals surface area contributed by atoms with Gasteiger partial charge < -0.3 is 0 Å². The highest BCUT2D eigenvalue weighted by molar-refractivity contribution is 9.10. The number of halogens is 1. The third-order valence-corrected chi connectivity index (χ3v) is 4.06. The van der Waals surface area contributed by atoms with E-state index in [1.165, 1.54) is 48.6 Å². The van der Waals surface area contributed by atoms with Crippen LogP contribution in [0.25, 0.3) is 0 Å². The molecule has 1 aromatic carbocycles. The molecule has 0 saturated heterocycles. The van der Waals surface area contributed by atoms with Crippen LogP contribution in [0.5, 0.6) is 0 Å². The van der Waals surface area contributed by atoms with Gasteiger partial charge in [-0.05, 0) is 42.4 Å². The first-order valence-corrected chi connectivity index (χ1v) is 7.63. The lowest BCUT2D eigenvalue weighted by molar-refractivity contribution is 0.259. The molecule has 0 aliphatic heterocycles. The van der Waals surface area contributed by atoms with Gasteiger partial charge in [0.25, 0.3) is 0 Å². The second-order valence-electron chi connectivity index (χ2n) is 5.47. The molecule has 0 spiro atoms. The van der Waals surface area contributed by atoms with E-state index in [-0.39, 0.29) is 0 Å². The van der Waals surface area contributed by atoms with Crippen molar-refractivity contribution >= 4 is 15.9 Å². The van der Waals surface area contributed by atoms with Crippen molar-refractivity contribution in [2.45, 2.75) is 59.3 Å². The highest BCUT2D eigenvalue weighted by Gasteiger charge is 2.22. The monoisotopic (exact) mass is 296 g/mol. The zero-order chi connectivity index (χ0) is 12.7. The quantitative estimate of drug-likeness (QED) is 0.580. The first kappa shape index (κ1) is 14.8. The van der Waals surface area contributed by atoms with Crippen LogP contribution in [0.15, 0.2) is 28.7 Å². The second-order valence-corrected chi connectivity index (χ2v) is 6.38. The maximum Gasteiger partial charge on any atom is 0.0175 e. The summed E-state index contributed by atoms with van der Waals surface area (Å²) < 4.78 is 1.17. The minimum Gasteiger partial charge on any atom is -0.0654 e. The average Bonchev–Trinajstić information content (AvgIpc) is 2.30. The van der Waals surface area contributed by atoms with Gasteiger partial charge in [0.05, 0.1) is 0 Å². The Hall–Kier alpha value is -0.300. The van der Waals surface area contributed by atoms with Gasteiger partial charge in [0.1, 0.15) is 0 Å². The lowest BCUT2D eigenvalue weighted by Crippen LogP contribution is -2.19. The molecule has 1 atom stereocenters. The summed E-state index contributed by atoms with van der Waals surface area (Å²) in [5.41, 5.74) is 1.96. The number of rotatable bonds is 7. The SMILES string of the molecule is CCCCC(C)(CCC)Cc1ccc(Br)cc1. The maximum absolute atomic E-state index is 3.50. The number of hydrogen-bond acceptors (Lipinski definition) is 0.